The lowest BCUT2D eigenvalue weighted by Crippen LogP contribution is -2.04. The SMILES string of the molecule is CCOC(=O)c1ccc(-c2ccc(Br)cc2C#N)cc1. The molecule has 3 nitrogen and oxygen atoms in total. The normalized spacial score (nSPS) is 9.85. The summed E-state index contributed by atoms with van der Waals surface area (Å²) in [4.78, 5) is 11.6. The average Bonchev–Trinajstić information content (AvgIpc) is 2.47. The van der Waals surface area contributed by atoms with Crippen molar-refractivity contribution in [2.45, 2.75) is 6.92 Å². The van der Waals surface area contributed by atoms with Crippen LogP contribution < -0.4 is 0 Å². The fourth-order valence-corrected chi connectivity index (χ4v) is 2.22. The van der Waals surface area contributed by atoms with Crippen LogP contribution in [0.15, 0.2) is 46.9 Å². The first-order valence-corrected chi connectivity index (χ1v) is 6.92. The molecule has 2 aromatic carbocycles. The highest BCUT2D eigenvalue weighted by Crippen LogP contribution is 2.26. The van der Waals surface area contributed by atoms with E-state index in [9.17, 15) is 10.1 Å². The van der Waals surface area contributed by atoms with E-state index in [-0.39, 0.29) is 5.97 Å². The summed E-state index contributed by atoms with van der Waals surface area (Å²) >= 11 is 3.35. The van der Waals surface area contributed by atoms with Crippen molar-refractivity contribution in [3.8, 4) is 17.2 Å². The third kappa shape index (κ3) is 3.06. The van der Waals surface area contributed by atoms with Gasteiger partial charge in [-0.15, -0.1) is 0 Å². The molecular formula is C16H12BrNO2. The maximum absolute atomic E-state index is 11.6. The van der Waals surface area contributed by atoms with Crippen LogP contribution >= 0.6 is 15.9 Å². The van der Waals surface area contributed by atoms with Crippen LogP contribution in [0.25, 0.3) is 11.1 Å². The second-order valence-electron chi connectivity index (χ2n) is 4.10. The number of halogens is 1. The Morgan fingerprint density at radius 1 is 1.25 bits per heavy atom. The molecule has 0 atom stereocenters. The lowest BCUT2D eigenvalue weighted by atomic mass is 9.99. The molecule has 0 radical (unpaired) electrons. The predicted octanol–water partition coefficient (Wildman–Crippen LogP) is 4.16. The number of rotatable bonds is 3. The molecule has 0 fully saturated rings. The Morgan fingerprint density at radius 3 is 2.55 bits per heavy atom. The third-order valence-corrected chi connectivity index (χ3v) is 3.30. The molecular weight excluding hydrogens is 318 g/mol. The molecule has 0 amide bonds. The molecule has 0 aliphatic rings. The predicted molar refractivity (Wildman–Crippen MR) is 80.2 cm³/mol. The molecule has 0 saturated carbocycles. The van der Waals surface area contributed by atoms with Gasteiger partial charge in [0.25, 0.3) is 0 Å². The third-order valence-electron chi connectivity index (χ3n) is 2.81. The lowest BCUT2D eigenvalue weighted by molar-refractivity contribution is 0.0526. The minimum atomic E-state index is -0.338. The van der Waals surface area contributed by atoms with Gasteiger partial charge >= 0.3 is 5.97 Å². The number of benzene rings is 2. The molecule has 0 aromatic heterocycles. The maximum Gasteiger partial charge on any atom is 0.338 e. The maximum atomic E-state index is 11.6. The Hall–Kier alpha value is -2.12. The Kier molecular flexibility index (Phi) is 4.54. The first kappa shape index (κ1) is 14.3. The van der Waals surface area contributed by atoms with Crippen LogP contribution in [0.1, 0.15) is 22.8 Å². The minimum absolute atomic E-state index is 0.338. The van der Waals surface area contributed by atoms with Gasteiger partial charge in [0, 0.05) is 4.47 Å². The average molecular weight is 330 g/mol. The number of hydrogen-bond donors (Lipinski definition) is 0. The van der Waals surface area contributed by atoms with Crippen molar-refractivity contribution in [3.05, 3.63) is 58.1 Å². The van der Waals surface area contributed by atoms with Crippen molar-refractivity contribution in [2.75, 3.05) is 6.61 Å². The molecule has 0 aliphatic heterocycles. The van der Waals surface area contributed by atoms with Crippen molar-refractivity contribution in [1.82, 2.24) is 0 Å². The fraction of sp³-hybridized carbons (Fsp3) is 0.125. The second-order valence-corrected chi connectivity index (χ2v) is 5.02. The van der Waals surface area contributed by atoms with Crippen molar-refractivity contribution in [1.29, 1.82) is 5.26 Å². The molecule has 2 rings (SSSR count). The van der Waals surface area contributed by atoms with Crippen LogP contribution in [0, 0.1) is 11.3 Å². The highest BCUT2D eigenvalue weighted by Gasteiger charge is 2.09. The number of esters is 1. The monoisotopic (exact) mass is 329 g/mol. The number of hydrogen-bond acceptors (Lipinski definition) is 3. The molecule has 4 heteroatoms. The molecule has 0 saturated heterocycles. The number of nitriles is 1. The topological polar surface area (TPSA) is 50.1 Å². The highest BCUT2D eigenvalue weighted by atomic mass is 79.9. The quantitative estimate of drug-likeness (QED) is 0.794. The van der Waals surface area contributed by atoms with E-state index < -0.39 is 0 Å². The summed E-state index contributed by atoms with van der Waals surface area (Å²) in [6, 6.07) is 14.7. The lowest BCUT2D eigenvalue weighted by Gasteiger charge is -2.06. The van der Waals surface area contributed by atoms with Crippen LogP contribution in [-0.2, 0) is 4.74 Å². The Bertz CT molecular complexity index is 672. The van der Waals surface area contributed by atoms with Gasteiger partial charge in [-0.25, -0.2) is 4.79 Å². The smallest absolute Gasteiger partial charge is 0.338 e. The van der Waals surface area contributed by atoms with Gasteiger partial charge in [0.05, 0.1) is 23.8 Å². The van der Waals surface area contributed by atoms with E-state index in [1.54, 1.807) is 25.1 Å². The van der Waals surface area contributed by atoms with Gasteiger partial charge < -0.3 is 4.74 Å². The molecule has 100 valence electrons. The van der Waals surface area contributed by atoms with Crippen LogP contribution in [0.2, 0.25) is 0 Å². The Balaban J connectivity index is 2.36. The summed E-state index contributed by atoms with van der Waals surface area (Å²) in [6.45, 7) is 2.12. The molecule has 20 heavy (non-hydrogen) atoms. The number of nitrogens with zero attached hydrogens (tertiary/aromatic N) is 1. The molecule has 2 aromatic rings. The molecule has 0 bridgehead atoms. The van der Waals surface area contributed by atoms with Gasteiger partial charge in [-0.2, -0.15) is 5.26 Å². The standard InChI is InChI=1S/C16H12BrNO2/c1-2-20-16(19)12-5-3-11(4-6-12)15-8-7-14(17)9-13(15)10-18/h3-9H,2H2,1H3. The summed E-state index contributed by atoms with van der Waals surface area (Å²) in [5.74, 6) is -0.338. The molecule has 0 unspecified atom stereocenters. The number of carbonyl (C=O) groups excluding carboxylic acids is 1. The van der Waals surface area contributed by atoms with E-state index in [4.69, 9.17) is 4.74 Å². The van der Waals surface area contributed by atoms with E-state index in [2.05, 4.69) is 22.0 Å². The van der Waals surface area contributed by atoms with Crippen LogP contribution in [0.5, 0.6) is 0 Å². The zero-order valence-electron chi connectivity index (χ0n) is 10.9. The summed E-state index contributed by atoms with van der Waals surface area (Å²) in [6.07, 6.45) is 0. The first-order chi connectivity index (χ1) is 9.65. The first-order valence-electron chi connectivity index (χ1n) is 6.13. The van der Waals surface area contributed by atoms with E-state index in [0.717, 1.165) is 15.6 Å². The van der Waals surface area contributed by atoms with Crippen molar-refractivity contribution in [3.63, 3.8) is 0 Å². The Labute approximate surface area is 125 Å². The van der Waals surface area contributed by atoms with Crippen molar-refractivity contribution < 1.29 is 9.53 Å². The minimum Gasteiger partial charge on any atom is -0.462 e. The van der Waals surface area contributed by atoms with Crippen LogP contribution in [0.4, 0.5) is 0 Å². The molecule has 0 aliphatic carbocycles. The summed E-state index contributed by atoms with van der Waals surface area (Å²) in [5.41, 5.74) is 2.82. The summed E-state index contributed by atoms with van der Waals surface area (Å²) in [5, 5.41) is 9.17. The van der Waals surface area contributed by atoms with E-state index in [1.165, 1.54) is 0 Å². The van der Waals surface area contributed by atoms with Crippen molar-refractivity contribution >= 4 is 21.9 Å². The fourth-order valence-electron chi connectivity index (χ4n) is 1.86. The zero-order valence-corrected chi connectivity index (χ0v) is 12.5. The van der Waals surface area contributed by atoms with Gasteiger partial charge in [-0.3, -0.25) is 0 Å². The van der Waals surface area contributed by atoms with E-state index >= 15 is 0 Å². The largest absolute Gasteiger partial charge is 0.462 e. The molecule has 0 spiro atoms. The van der Waals surface area contributed by atoms with Gasteiger partial charge in [-0.1, -0.05) is 34.1 Å². The van der Waals surface area contributed by atoms with Crippen molar-refractivity contribution in [2.24, 2.45) is 0 Å². The van der Waals surface area contributed by atoms with Gasteiger partial charge in [0.2, 0.25) is 0 Å². The summed E-state index contributed by atoms with van der Waals surface area (Å²) in [7, 11) is 0. The summed E-state index contributed by atoms with van der Waals surface area (Å²) < 4.78 is 5.80. The second kappa shape index (κ2) is 6.36. The molecule has 0 N–H and O–H groups in total. The van der Waals surface area contributed by atoms with Gasteiger partial charge in [0.15, 0.2) is 0 Å². The zero-order chi connectivity index (χ0) is 14.5. The molecule has 0 heterocycles. The highest BCUT2D eigenvalue weighted by molar-refractivity contribution is 9.10. The van der Waals surface area contributed by atoms with Gasteiger partial charge in [-0.05, 0) is 42.3 Å². The number of ether oxygens (including phenoxy) is 1. The van der Waals surface area contributed by atoms with E-state index in [0.29, 0.717) is 17.7 Å². The van der Waals surface area contributed by atoms with E-state index in [1.807, 2.05) is 24.3 Å². The van der Waals surface area contributed by atoms with Crippen LogP contribution in [0.3, 0.4) is 0 Å². The number of carbonyl (C=O) groups is 1. The van der Waals surface area contributed by atoms with Crippen LogP contribution in [-0.4, -0.2) is 12.6 Å². The van der Waals surface area contributed by atoms with Gasteiger partial charge in [0.1, 0.15) is 0 Å². The Morgan fingerprint density at radius 2 is 1.95 bits per heavy atom.